The molecule has 9 atom stereocenters. The second kappa shape index (κ2) is 7.00. The minimum absolute atomic E-state index is 0.00283. The fourth-order valence-electron chi connectivity index (χ4n) is 9.93. The molecule has 0 heterocycles. The predicted molar refractivity (Wildman–Crippen MR) is 134 cm³/mol. The van der Waals surface area contributed by atoms with Crippen molar-refractivity contribution in [2.24, 2.45) is 44.3 Å². The van der Waals surface area contributed by atoms with E-state index in [2.05, 4.69) is 53.7 Å². The monoisotopic (exact) mass is 470 g/mol. The van der Waals surface area contributed by atoms with Crippen LogP contribution in [0.1, 0.15) is 99.8 Å². The summed E-state index contributed by atoms with van der Waals surface area (Å²) in [5, 5.41) is 31.8. The fraction of sp³-hybridized carbons (Fsp3) is 0.833. The number of aliphatic hydroxyl groups excluding tert-OH is 2. The zero-order chi connectivity index (χ0) is 25.1. The van der Waals surface area contributed by atoms with Crippen molar-refractivity contribution in [1.29, 1.82) is 0 Å². The summed E-state index contributed by atoms with van der Waals surface area (Å²) in [6.07, 6.45) is 11.1. The molecule has 0 aromatic heterocycles. The van der Waals surface area contributed by atoms with Crippen molar-refractivity contribution in [3.8, 4) is 0 Å². The minimum atomic E-state index is -1.10. The summed E-state index contributed by atoms with van der Waals surface area (Å²) in [6, 6.07) is 0. The van der Waals surface area contributed by atoms with Gasteiger partial charge in [0.1, 0.15) is 0 Å². The van der Waals surface area contributed by atoms with E-state index in [0.29, 0.717) is 18.8 Å². The summed E-state index contributed by atoms with van der Waals surface area (Å²) in [7, 11) is 0. The Labute approximate surface area is 205 Å². The molecule has 190 valence electrons. The van der Waals surface area contributed by atoms with Gasteiger partial charge in [0.05, 0.1) is 17.6 Å². The highest BCUT2D eigenvalue weighted by Crippen LogP contribution is 2.74. The van der Waals surface area contributed by atoms with Crippen LogP contribution in [-0.4, -0.2) is 33.5 Å². The first-order valence-corrected chi connectivity index (χ1v) is 13.6. The molecule has 4 fully saturated rings. The maximum absolute atomic E-state index is 12.3. The highest BCUT2D eigenvalue weighted by atomic mass is 16.4. The van der Waals surface area contributed by atoms with E-state index in [9.17, 15) is 20.1 Å². The van der Waals surface area contributed by atoms with Crippen LogP contribution in [0.5, 0.6) is 0 Å². The fourth-order valence-corrected chi connectivity index (χ4v) is 9.93. The van der Waals surface area contributed by atoms with Crippen LogP contribution < -0.4 is 0 Å². The zero-order valence-electron chi connectivity index (χ0n) is 22.4. The van der Waals surface area contributed by atoms with Crippen molar-refractivity contribution in [3.63, 3.8) is 0 Å². The van der Waals surface area contributed by atoms with Crippen molar-refractivity contribution in [2.45, 2.75) is 112 Å². The Morgan fingerprint density at radius 1 is 0.824 bits per heavy atom. The van der Waals surface area contributed by atoms with Gasteiger partial charge in [-0.05, 0) is 97.2 Å². The van der Waals surface area contributed by atoms with E-state index >= 15 is 0 Å². The molecule has 0 unspecified atom stereocenters. The summed E-state index contributed by atoms with van der Waals surface area (Å²) >= 11 is 0. The first-order valence-electron chi connectivity index (χ1n) is 13.6. The van der Waals surface area contributed by atoms with E-state index in [1.807, 2.05) is 0 Å². The van der Waals surface area contributed by atoms with Gasteiger partial charge < -0.3 is 15.3 Å². The third-order valence-electron chi connectivity index (χ3n) is 12.8. The highest BCUT2D eigenvalue weighted by molar-refractivity contribution is 5.75. The van der Waals surface area contributed by atoms with Gasteiger partial charge in [0.2, 0.25) is 0 Å². The van der Waals surface area contributed by atoms with Gasteiger partial charge in [-0.2, -0.15) is 0 Å². The number of aliphatic hydroxyl groups is 2. The van der Waals surface area contributed by atoms with Crippen molar-refractivity contribution in [2.75, 3.05) is 0 Å². The van der Waals surface area contributed by atoms with Crippen LogP contribution in [-0.2, 0) is 4.79 Å². The van der Waals surface area contributed by atoms with Crippen LogP contribution >= 0.6 is 0 Å². The maximum Gasteiger partial charge on any atom is 0.312 e. The van der Waals surface area contributed by atoms with Gasteiger partial charge in [-0.25, -0.2) is 0 Å². The molecule has 0 saturated heterocycles. The van der Waals surface area contributed by atoms with Gasteiger partial charge in [0.15, 0.2) is 0 Å². The molecule has 0 aromatic carbocycles. The van der Waals surface area contributed by atoms with Crippen LogP contribution in [0.25, 0.3) is 0 Å². The Hall–Kier alpha value is -1.13. The number of rotatable bonds is 1. The average Bonchev–Trinajstić information content (AvgIpc) is 2.73. The van der Waals surface area contributed by atoms with Crippen molar-refractivity contribution in [3.05, 3.63) is 23.3 Å². The number of carbonyl (C=O) groups is 1. The lowest BCUT2D eigenvalue weighted by Crippen LogP contribution is -2.62. The number of carboxylic acid groups (broad SMARTS) is 1. The van der Waals surface area contributed by atoms with Crippen molar-refractivity contribution < 1.29 is 20.1 Å². The molecule has 0 spiro atoms. The molecule has 5 aliphatic carbocycles. The Kier molecular flexibility index (Phi) is 5.06. The van der Waals surface area contributed by atoms with E-state index < -0.39 is 17.5 Å². The van der Waals surface area contributed by atoms with E-state index in [-0.39, 0.29) is 39.1 Å². The number of hydrogen-bond acceptors (Lipinski definition) is 3. The molecule has 4 heteroatoms. The number of allylic oxidation sites excluding steroid dienone is 4. The number of fused-ring (bicyclic) bond motifs is 7. The number of carboxylic acids is 1. The van der Waals surface area contributed by atoms with Crippen molar-refractivity contribution in [1.82, 2.24) is 0 Å². The second-order valence-corrected chi connectivity index (χ2v) is 14.6. The second-order valence-electron chi connectivity index (χ2n) is 14.6. The lowest BCUT2D eigenvalue weighted by Gasteiger charge is -2.68. The summed E-state index contributed by atoms with van der Waals surface area (Å²) in [5.74, 6) is -0.222. The van der Waals surface area contributed by atoms with Gasteiger partial charge in [0, 0.05) is 0 Å². The van der Waals surface area contributed by atoms with Crippen LogP contribution in [0.2, 0.25) is 0 Å². The summed E-state index contributed by atoms with van der Waals surface area (Å²) in [6.45, 7) is 16.0. The Bertz CT molecular complexity index is 978. The van der Waals surface area contributed by atoms with Gasteiger partial charge in [-0.3, -0.25) is 4.79 Å². The summed E-state index contributed by atoms with van der Waals surface area (Å²) in [4.78, 5) is 12.3. The normalized spacial score (nSPS) is 53.9. The van der Waals surface area contributed by atoms with Crippen molar-refractivity contribution >= 4 is 5.97 Å². The molecule has 0 aromatic rings. The average molecular weight is 471 g/mol. The quantitative estimate of drug-likeness (QED) is 0.431. The molecule has 5 rings (SSSR count). The zero-order valence-corrected chi connectivity index (χ0v) is 22.4. The van der Waals surface area contributed by atoms with Crippen LogP contribution in [0.15, 0.2) is 23.3 Å². The van der Waals surface area contributed by atoms with Gasteiger partial charge >= 0.3 is 5.97 Å². The van der Waals surface area contributed by atoms with E-state index in [1.54, 1.807) is 12.5 Å². The SMILES string of the molecule is CC1(C)[C@@H](O)CC[C@]2(C)C3=CC=C4[C@H]5C[C@](C)(C(=O)O)[C@H](O)C[C@]5(C)CC[C@@]4(C)[C@]3(C)CC[C@@H]12. The standard InChI is InChI=1S/C30H46O4/c1-25(2)20-10-13-30(7)21(27(20,4)12-11-22(25)31)9-8-18-19-16-28(5,24(33)34)23(32)17-26(19,3)14-15-29(18,30)6/h8-9,19-20,22-23,31-32H,10-17H2,1-7H3,(H,33,34)/t19-,20+,22+,23-,26+,27+,28+,29-,30-/m1/s1. The third-order valence-corrected chi connectivity index (χ3v) is 12.8. The summed E-state index contributed by atoms with van der Waals surface area (Å²) < 4.78 is 0. The molecule has 4 nitrogen and oxygen atoms in total. The molecular weight excluding hydrogens is 424 g/mol. The van der Waals surface area contributed by atoms with Gasteiger partial charge in [-0.15, -0.1) is 0 Å². The molecular formula is C30H46O4. The predicted octanol–water partition coefficient (Wildman–Crippen LogP) is 6.12. The lowest BCUT2D eigenvalue weighted by atomic mass is 9.36. The smallest absolute Gasteiger partial charge is 0.312 e. The molecule has 0 aliphatic heterocycles. The van der Waals surface area contributed by atoms with Crippen LogP contribution in [0, 0.1) is 44.3 Å². The maximum atomic E-state index is 12.3. The van der Waals surface area contributed by atoms with E-state index in [0.717, 1.165) is 38.5 Å². The van der Waals surface area contributed by atoms with Crippen LogP contribution in [0.4, 0.5) is 0 Å². The van der Waals surface area contributed by atoms with E-state index in [1.165, 1.54) is 5.57 Å². The highest BCUT2D eigenvalue weighted by Gasteiger charge is 2.67. The molecule has 3 N–H and O–H groups in total. The van der Waals surface area contributed by atoms with Gasteiger partial charge in [0.25, 0.3) is 0 Å². The molecule has 5 aliphatic rings. The topological polar surface area (TPSA) is 77.8 Å². The Morgan fingerprint density at radius 3 is 2.15 bits per heavy atom. The lowest BCUT2D eigenvalue weighted by molar-refractivity contribution is -0.170. The largest absolute Gasteiger partial charge is 0.481 e. The Morgan fingerprint density at radius 2 is 1.50 bits per heavy atom. The number of hydrogen-bond donors (Lipinski definition) is 3. The van der Waals surface area contributed by atoms with Crippen LogP contribution in [0.3, 0.4) is 0 Å². The molecule has 0 amide bonds. The molecule has 4 saturated carbocycles. The minimum Gasteiger partial charge on any atom is -0.481 e. The molecule has 34 heavy (non-hydrogen) atoms. The first kappa shape index (κ1) is 24.6. The first-order chi connectivity index (χ1) is 15.6. The molecule has 0 bridgehead atoms. The van der Waals surface area contributed by atoms with E-state index in [4.69, 9.17) is 0 Å². The molecule has 0 radical (unpaired) electrons. The Balaban J connectivity index is 1.63. The van der Waals surface area contributed by atoms with Gasteiger partial charge in [-0.1, -0.05) is 64.8 Å². The summed E-state index contributed by atoms with van der Waals surface area (Å²) in [5.41, 5.74) is 1.88. The third kappa shape index (κ3) is 2.76. The number of aliphatic carboxylic acids is 1.